The minimum absolute atomic E-state index is 0.0262. The summed E-state index contributed by atoms with van der Waals surface area (Å²) in [5, 5.41) is 11.0. The number of nitrogens with one attached hydrogen (secondary N) is 1. The van der Waals surface area contributed by atoms with E-state index in [9.17, 15) is 18.0 Å². The lowest BCUT2D eigenvalue weighted by molar-refractivity contribution is -0.137. The molecule has 1 aromatic carbocycles. The first-order valence-electron chi connectivity index (χ1n) is 9.49. The molecule has 0 amide bonds. The summed E-state index contributed by atoms with van der Waals surface area (Å²) < 4.78 is 55.7. The molecule has 0 aromatic heterocycles. The van der Waals surface area contributed by atoms with Crippen LogP contribution in [0.2, 0.25) is 0 Å². The van der Waals surface area contributed by atoms with E-state index in [1.165, 1.54) is 12.3 Å². The van der Waals surface area contributed by atoms with Gasteiger partial charge in [-0.2, -0.15) is 23.4 Å². The number of rotatable bonds is 2. The molecule has 3 aliphatic rings. The van der Waals surface area contributed by atoms with Crippen LogP contribution in [-0.2, 0) is 16.4 Å². The van der Waals surface area contributed by atoms with Crippen molar-refractivity contribution >= 4 is 5.78 Å². The fourth-order valence-corrected chi connectivity index (χ4v) is 4.77. The second-order valence-electron chi connectivity index (χ2n) is 8.44. The van der Waals surface area contributed by atoms with Gasteiger partial charge >= 0.3 is 6.18 Å². The lowest BCUT2D eigenvalue weighted by Crippen LogP contribution is -2.55. The predicted octanol–water partition coefficient (Wildman–Crippen LogP) is 5.22. The number of ketones is 1. The highest BCUT2D eigenvalue weighted by atomic mass is 19.4. The molecule has 4 nitrogen and oxygen atoms in total. The summed E-state index contributed by atoms with van der Waals surface area (Å²) in [4.78, 5) is 13.2. The summed E-state index contributed by atoms with van der Waals surface area (Å²) in [7, 11) is 0. The third-order valence-corrected chi connectivity index (χ3v) is 6.20. The predicted molar refractivity (Wildman–Crippen MR) is 98.6 cm³/mol. The van der Waals surface area contributed by atoms with Crippen molar-refractivity contribution in [3.05, 3.63) is 58.4 Å². The third-order valence-electron chi connectivity index (χ3n) is 6.20. The molecular formula is C21H21F4N3O. The first-order chi connectivity index (χ1) is 13.5. The lowest BCUT2D eigenvalue weighted by atomic mass is 9.58. The maximum Gasteiger partial charge on any atom is 0.416 e. The monoisotopic (exact) mass is 407 g/mol. The largest absolute Gasteiger partial charge is 0.416 e. The molecule has 2 aliphatic heterocycles. The van der Waals surface area contributed by atoms with Crippen molar-refractivity contribution in [2.45, 2.75) is 57.5 Å². The number of azo groups is 1. The Labute approximate surface area is 165 Å². The fraction of sp³-hybridized carbons (Fsp3) is 0.476. The number of carbonyl (C=O) groups is 1. The number of allylic oxidation sites excluding steroid dienone is 2. The van der Waals surface area contributed by atoms with Crippen LogP contribution in [0.4, 0.5) is 17.6 Å². The molecule has 2 heterocycles. The summed E-state index contributed by atoms with van der Waals surface area (Å²) in [5.74, 6) is -0.267. The zero-order valence-corrected chi connectivity index (χ0v) is 16.3. The number of nitrogens with zero attached hydrogens (tertiary/aromatic N) is 2. The van der Waals surface area contributed by atoms with Gasteiger partial charge in [-0.05, 0) is 18.1 Å². The SMILES string of the molecule is CC[C@]1(c2cccc(C(F)(F)F)c2)C2=CN=NC2NC2=C1C(=O)CC(C)(C)[C@H]2F. The first kappa shape index (κ1) is 19.8. The quantitative estimate of drug-likeness (QED) is 0.683. The molecule has 0 radical (unpaired) electrons. The zero-order valence-electron chi connectivity index (χ0n) is 16.3. The van der Waals surface area contributed by atoms with E-state index in [0.717, 1.165) is 12.1 Å². The second-order valence-corrected chi connectivity index (χ2v) is 8.44. The molecule has 0 saturated carbocycles. The summed E-state index contributed by atoms with van der Waals surface area (Å²) >= 11 is 0. The minimum atomic E-state index is -4.53. The Hall–Kier alpha value is -2.51. The van der Waals surface area contributed by atoms with Crippen molar-refractivity contribution in [3.8, 4) is 0 Å². The van der Waals surface area contributed by atoms with Crippen molar-refractivity contribution in [2.24, 2.45) is 15.6 Å². The topological polar surface area (TPSA) is 53.8 Å². The van der Waals surface area contributed by atoms with Gasteiger partial charge in [0.05, 0.1) is 22.9 Å². The van der Waals surface area contributed by atoms with Crippen LogP contribution < -0.4 is 5.32 Å². The van der Waals surface area contributed by atoms with E-state index in [4.69, 9.17) is 0 Å². The smallest absolute Gasteiger partial charge is 0.359 e. The average molecular weight is 407 g/mol. The Kier molecular flexibility index (Phi) is 4.26. The molecule has 1 N–H and O–H groups in total. The van der Waals surface area contributed by atoms with Gasteiger partial charge in [-0.15, -0.1) is 0 Å². The van der Waals surface area contributed by atoms with E-state index >= 15 is 4.39 Å². The average Bonchev–Trinajstić information content (AvgIpc) is 3.12. The molecule has 8 heteroatoms. The highest BCUT2D eigenvalue weighted by Crippen LogP contribution is 2.54. The van der Waals surface area contributed by atoms with Crippen LogP contribution in [0.5, 0.6) is 0 Å². The van der Waals surface area contributed by atoms with E-state index < -0.39 is 34.9 Å². The minimum Gasteiger partial charge on any atom is -0.359 e. The summed E-state index contributed by atoms with van der Waals surface area (Å²) in [6.07, 6.45) is -4.98. The molecule has 0 spiro atoms. The maximum absolute atomic E-state index is 15.4. The van der Waals surface area contributed by atoms with Gasteiger partial charge < -0.3 is 5.32 Å². The van der Waals surface area contributed by atoms with E-state index in [-0.39, 0.29) is 29.9 Å². The number of alkyl halides is 4. The number of fused-ring (bicyclic) bond motifs is 1. The maximum atomic E-state index is 15.4. The molecule has 0 fully saturated rings. The van der Waals surface area contributed by atoms with Crippen molar-refractivity contribution in [1.29, 1.82) is 0 Å². The van der Waals surface area contributed by atoms with Crippen molar-refractivity contribution in [1.82, 2.24) is 5.32 Å². The molecule has 154 valence electrons. The number of halogens is 4. The first-order valence-corrected chi connectivity index (χ1v) is 9.49. The Morgan fingerprint density at radius 2 is 2.00 bits per heavy atom. The summed E-state index contributed by atoms with van der Waals surface area (Å²) in [6, 6.07) is 4.92. The number of hydrogen-bond donors (Lipinski definition) is 1. The Morgan fingerprint density at radius 1 is 1.28 bits per heavy atom. The Morgan fingerprint density at radius 3 is 2.66 bits per heavy atom. The van der Waals surface area contributed by atoms with Gasteiger partial charge in [0.15, 0.2) is 11.9 Å². The molecule has 3 atom stereocenters. The number of hydrogen-bond acceptors (Lipinski definition) is 4. The van der Waals surface area contributed by atoms with Crippen LogP contribution in [0.3, 0.4) is 0 Å². The van der Waals surface area contributed by atoms with Crippen LogP contribution in [0.25, 0.3) is 0 Å². The van der Waals surface area contributed by atoms with Crippen LogP contribution in [0.15, 0.2) is 57.5 Å². The van der Waals surface area contributed by atoms with Crippen molar-refractivity contribution < 1.29 is 22.4 Å². The van der Waals surface area contributed by atoms with E-state index in [0.29, 0.717) is 11.1 Å². The molecule has 1 aliphatic carbocycles. The fourth-order valence-electron chi connectivity index (χ4n) is 4.77. The van der Waals surface area contributed by atoms with Gasteiger partial charge in [0.2, 0.25) is 0 Å². The van der Waals surface area contributed by atoms with E-state index in [1.54, 1.807) is 26.8 Å². The van der Waals surface area contributed by atoms with Gasteiger partial charge in [0.25, 0.3) is 0 Å². The lowest BCUT2D eigenvalue weighted by Gasteiger charge is -2.49. The number of benzene rings is 1. The Bertz CT molecular complexity index is 976. The normalized spacial score (nSPS) is 30.6. The highest BCUT2D eigenvalue weighted by Gasteiger charge is 2.56. The van der Waals surface area contributed by atoms with Crippen molar-refractivity contribution in [3.63, 3.8) is 0 Å². The second kappa shape index (κ2) is 6.24. The van der Waals surface area contributed by atoms with E-state index in [1.807, 2.05) is 0 Å². The standard InChI is InChI=1S/C21H21F4N3O/c1-4-20(11-6-5-7-12(8-11)21(23,24)25)13-10-26-28-18(13)27-16-15(20)14(29)9-19(2,3)17(16)22/h5-8,10,17-18,27H,4,9H2,1-3H3/t17-,18?,20-/m0/s1. The van der Waals surface area contributed by atoms with Gasteiger partial charge in [-0.1, -0.05) is 39.0 Å². The van der Waals surface area contributed by atoms with Crippen LogP contribution in [0, 0.1) is 5.41 Å². The van der Waals surface area contributed by atoms with Gasteiger partial charge in [0, 0.05) is 23.0 Å². The Balaban J connectivity index is 2.02. The van der Waals surface area contributed by atoms with Crippen LogP contribution >= 0.6 is 0 Å². The number of carbonyl (C=O) groups excluding carboxylic acids is 1. The molecule has 4 rings (SSSR count). The number of Topliss-reactive ketones (excluding diaryl/α,β-unsaturated/α-hetero) is 1. The van der Waals surface area contributed by atoms with E-state index in [2.05, 4.69) is 15.5 Å². The molecule has 1 unspecified atom stereocenters. The summed E-state index contributed by atoms with van der Waals surface area (Å²) in [6.45, 7) is 5.12. The molecule has 0 bridgehead atoms. The third kappa shape index (κ3) is 2.75. The molecular weight excluding hydrogens is 386 g/mol. The van der Waals surface area contributed by atoms with Crippen LogP contribution in [0.1, 0.15) is 44.7 Å². The molecule has 29 heavy (non-hydrogen) atoms. The van der Waals surface area contributed by atoms with Gasteiger partial charge in [0.1, 0.15) is 6.17 Å². The van der Waals surface area contributed by atoms with Gasteiger partial charge in [-0.25, -0.2) is 4.39 Å². The molecule has 0 saturated heterocycles. The van der Waals surface area contributed by atoms with Crippen molar-refractivity contribution in [2.75, 3.05) is 0 Å². The molecule has 1 aromatic rings. The summed E-state index contributed by atoms with van der Waals surface area (Å²) in [5.41, 5.74) is -1.77. The van der Waals surface area contributed by atoms with Crippen LogP contribution in [-0.4, -0.2) is 18.1 Å². The highest BCUT2D eigenvalue weighted by molar-refractivity contribution is 6.01. The van der Waals surface area contributed by atoms with Gasteiger partial charge in [-0.3, -0.25) is 4.79 Å². The zero-order chi connectivity index (χ0) is 21.2.